The Morgan fingerprint density at radius 1 is 1.33 bits per heavy atom. The summed E-state index contributed by atoms with van der Waals surface area (Å²) >= 11 is 10.6. The van der Waals surface area contributed by atoms with Crippen molar-refractivity contribution in [3.8, 4) is 11.8 Å². The molecule has 0 aliphatic heterocycles. The molecule has 0 atom stereocenters. The molecule has 2 aromatic carbocycles. The van der Waals surface area contributed by atoms with E-state index in [1.165, 1.54) is 6.07 Å². The maximum absolute atomic E-state index is 13.9. The highest BCUT2D eigenvalue weighted by Gasteiger charge is 2.13. The average Bonchev–Trinajstić information content (AvgIpc) is 2.75. The second-order valence-electron chi connectivity index (χ2n) is 4.32. The summed E-state index contributed by atoms with van der Waals surface area (Å²) in [4.78, 5) is 3.04. The molecule has 3 aromatic rings. The molecule has 0 radical (unpaired) electrons. The first-order valence-electron chi connectivity index (χ1n) is 5.81. The fraction of sp³-hybridized carbons (Fsp3) is 0. The predicted octanol–water partition coefficient (Wildman–Crippen LogP) is 5.07. The van der Waals surface area contributed by atoms with Gasteiger partial charge in [0, 0.05) is 10.5 Å². The Morgan fingerprint density at radius 2 is 2.10 bits per heavy atom. The Balaban J connectivity index is 2.41. The number of halogens is 3. The number of nitrogens with one attached hydrogen (secondary N) is 1. The molecule has 104 valence electrons. The largest absolute Gasteiger partial charge is 0.330 e. The zero-order valence-electron chi connectivity index (χ0n) is 10.3. The average molecular weight is 474 g/mol. The number of benzene rings is 2. The molecule has 0 saturated heterocycles. The van der Waals surface area contributed by atoms with Crippen LogP contribution in [0.2, 0.25) is 0 Å². The van der Waals surface area contributed by atoms with Crippen LogP contribution in [0, 0.1) is 25.5 Å². The molecule has 3 nitrogen and oxygen atoms in total. The van der Waals surface area contributed by atoms with Crippen LogP contribution in [0.25, 0.3) is 16.7 Å². The van der Waals surface area contributed by atoms with Crippen LogP contribution >= 0.6 is 50.7 Å². The first-order valence-corrected chi connectivity index (χ1v) is 8.09. The van der Waals surface area contributed by atoms with Crippen molar-refractivity contribution in [3.63, 3.8) is 0 Å². The monoisotopic (exact) mass is 473 g/mol. The molecule has 3 rings (SSSR count). The minimum atomic E-state index is -0.318. The maximum Gasteiger partial charge on any atom is 0.182 e. The van der Waals surface area contributed by atoms with E-state index in [0.717, 1.165) is 9.99 Å². The fourth-order valence-corrected chi connectivity index (χ4v) is 3.27. The third kappa shape index (κ3) is 2.52. The van der Waals surface area contributed by atoms with Crippen LogP contribution in [-0.4, -0.2) is 9.55 Å². The van der Waals surface area contributed by atoms with Gasteiger partial charge in [-0.3, -0.25) is 4.57 Å². The lowest BCUT2D eigenvalue weighted by molar-refractivity contribution is 0.622. The Hall–Kier alpha value is -1.24. The Morgan fingerprint density at radius 3 is 2.81 bits per heavy atom. The molecule has 0 bridgehead atoms. The van der Waals surface area contributed by atoms with Gasteiger partial charge in [0.05, 0.1) is 25.9 Å². The fourth-order valence-electron chi connectivity index (χ4n) is 2.13. The van der Waals surface area contributed by atoms with Crippen LogP contribution in [0.1, 0.15) is 5.56 Å². The van der Waals surface area contributed by atoms with Crippen LogP contribution in [0.3, 0.4) is 0 Å². The summed E-state index contributed by atoms with van der Waals surface area (Å²) in [6.07, 6.45) is 0. The molecular weight excluding hydrogens is 468 g/mol. The van der Waals surface area contributed by atoms with Crippen LogP contribution in [0.4, 0.5) is 4.39 Å². The summed E-state index contributed by atoms with van der Waals surface area (Å²) < 4.78 is 17.3. The minimum absolute atomic E-state index is 0.318. The van der Waals surface area contributed by atoms with Gasteiger partial charge >= 0.3 is 0 Å². The van der Waals surface area contributed by atoms with E-state index in [0.29, 0.717) is 25.1 Å². The molecule has 0 fully saturated rings. The number of aromatic nitrogens is 2. The van der Waals surface area contributed by atoms with E-state index < -0.39 is 0 Å². The molecule has 0 amide bonds. The lowest BCUT2D eigenvalue weighted by Crippen LogP contribution is -1.98. The molecule has 1 N–H and O–H groups in total. The number of H-pyrrole nitrogens is 1. The van der Waals surface area contributed by atoms with E-state index in [4.69, 9.17) is 12.2 Å². The van der Waals surface area contributed by atoms with Crippen molar-refractivity contribution < 1.29 is 4.39 Å². The second kappa shape index (κ2) is 5.51. The molecule has 21 heavy (non-hydrogen) atoms. The van der Waals surface area contributed by atoms with E-state index in [-0.39, 0.29) is 5.82 Å². The van der Waals surface area contributed by atoms with Gasteiger partial charge in [-0.15, -0.1) is 0 Å². The number of fused-ring (bicyclic) bond motifs is 1. The Bertz CT molecular complexity index is 971. The molecule has 7 heteroatoms. The van der Waals surface area contributed by atoms with E-state index in [1.807, 2.05) is 28.7 Å². The first-order chi connectivity index (χ1) is 10.0. The van der Waals surface area contributed by atoms with Gasteiger partial charge in [0.2, 0.25) is 0 Å². The summed E-state index contributed by atoms with van der Waals surface area (Å²) in [5.74, 6) is -0.318. The number of nitrogens with zero attached hydrogens (tertiary/aromatic N) is 2. The number of rotatable bonds is 1. The summed E-state index contributed by atoms with van der Waals surface area (Å²) in [6.45, 7) is 0. The SMILES string of the molecule is N#Cc1cc(Br)ccc1-n1c(=S)[nH]c2cc(I)c(F)cc21. The number of hydrogen-bond acceptors (Lipinski definition) is 2. The van der Waals surface area contributed by atoms with Gasteiger partial charge in [0.1, 0.15) is 11.9 Å². The second-order valence-corrected chi connectivity index (χ2v) is 6.79. The normalized spacial score (nSPS) is 10.8. The molecule has 0 unspecified atom stereocenters. The van der Waals surface area contributed by atoms with Crippen LogP contribution in [-0.2, 0) is 0 Å². The van der Waals surface area contributed by atoms with E-state index >= 15 is 0 Å². The molecular formula is C14H6BrFIN3S. The molecule has 0 aliphatic carbocycles. The summed E-state index contributed by atoms with van der Waals surface area (Å²) in [7, 11) is 0. The van der Waals surface area contributed by atoms with Gasteiger partial charge in [-0.25, -0.2) is 4.39 Å². The molecule has 0 aliphatic rings. The van der Waals surface area contributed by atoms with Crippen molar-refractivity contribution >= 4 is 61.8 Å². The lowest BCUT2D eigenvalue weighted by atomic mass is 10.2. The smallest absolute Gasteiger partial charge is 0.182 e. The summed E-state index contributed by atoms with van der Waals surface area (Å²) in [5, 5.41) is 9.30. The predicted molar refractivity (Wildman–Crippen MR) is 93.5 cm³/mol. The van der Waals surface area contributed by atoms with Gasteiger partial charge < -0.3 is 4.98 Å². The van der Waals surface area contributed by atoms with Gasteiger partial charge in [-0.05, 0) is 59.1 Å². The number of aromatic amines is 1. The Labute approximate surface area is 146 Å². The van der Waals surface area contributed by atoms with Crippen molar-refractivity contribution in [2.75, 3.05) is 0 Å². The van der Waals surface area contributed by atoms with Crippen molar-refractivity contribution in [1.29, 1.82) is 5.26 Å². The highest BCUT2D eigenvalue weighted by atomic mass is 127. The number of imidazole rings is 1. The topological polar surface area (TPSA) is 44.5 Å². The standard InChI is InChI=1S/C14H6BrFIN3S/c15-8-1-2-12(7(3-8)6-18)20-13-4-9(16)10(17)5-11(13)19-14(20)21/h1-5H,(H,19,21). The van der Waals surface area contributed by atoms with Gasteiger partial charge in [0.25, 0.3) is 0 Å². The molecule has 0 spiro atoms. The van der Waals surface area contributed by atoms with Gasteiger partial charge in [0.15, 0.2) is 4.77 Å². The minimum Gasteiger partial charge on any atom is -0.330 e. The quantitative estimate of drug-likeness (QED) is 0.396. The maximum atomic E-state index is 13.9. The number of hydrogen-bond donors (Lipinski definition) is 1. The molecule has 0 saturated carbocycles. The van der Waals surface area contributed by atoms with Crippen molar-refractivity contribution in [1.82, 2.24) is 9.55 Å². The third-order valence-electron chi connectivity index (χ3n) is 3.04. The number of nitriles is 1. The summed E-state index contributed by atoms with van der Waals surface area (Å²) in [6, 6.07) is 10.6. The molecule has 1 heterocycles. The van der Waals surface area contributed by atoms with Crippen LogP contribution in [0.5, 0.6) is 0 Å². The third-order valence-corrected chi connectivity index (χ3v) is 4.65. The zero-order valence-corrected chi connectivity index (χ0v) is 14.9. The van der Waals surface area contributed by atoms with E-state index in [9.17, 15) is 9.65 Å². The lowest BCUT2D eigenvalue weighted by Gasteiger charge is -2.07. The highest BCUT2D eigenvalue weighted by molar-refractivity contribution is 14.1. The highest BCUT2D eigenvalue weighted by Crippen LogP contribution is 2.26. The first kappa shape index (κ1) is 14.7. The van der Waals surface area contributed by atoms with Crippen LogP contribution in [0.15, 0.2) is 34.8 Å². The Kier molecular flexibility index (Phi) is 3.86. The van der Waals surface area contributed by atoms with Crippen molar-refractivity contribution in [3.05, 3.63) is 54.5 Å². The van der Waals surface area contributed by atoms with Crippen LogP contribution < -0.4 is 0 Å². The van der Waals surface area contributed by atoms with Crippen molar-refractivity contribution in [2.45, 2.75) is 0 Å². The van der Waals surface area contributed by atoms with E-state index in [1.54, 1.807) is 22.8 Å². The summed E-state index contributed by atoms with van der Waals surface area (Å²) in [5.41, 5.74) is 2.42. The molecule has 1 aromatic heterocycles. The van der Waals surface area contributed by atoms with Gasteiger partial charge in [-0.2, -0.15) is 5.26 Å². The van der Waals surface area contributed by atoms with Crippen molar-refractivity contribution in [2.24, 2.45) is 0 Å². The zero-order chi connectivity index (χ0) is 15.1. The van der Waals surface area contributed by atoms with Gasteiger partial charge in [-0.1, -0.05) is 15.9 Å². The van der Waals surface area contributed by atoms with E-state index in [2.05, 4.69) is 27.0 Å².